The summed E-state index contributed by atoms with van der Waals surface area (Å²) in [6.45, 7) is 0. The predicted molar refractivity (Wildman–Crippen MR) is 284 cm³/mol. The summed E-state index contributed by atoms with van der Waals surface area (Å²) >= 11 is 0. The molecule has 0 aliphatic heterocycles. The Kier molecular flexibility index (Phi) is 8.96. The summed E-state index contributed by atoms with van der Waals surface area (Å²) in [5.41, 5.74) is 14.5. The molecule has 0 unspecified atom stereocenters. The van der Waals surface area contributed by atoms with Crippen molar-refractivity contribution in [2.24, 2.45) is 0 Å². The molecule has 0 spiro atoms. The van der Waals surface area contributed by atoms with Crippen molar-refractivity contribution < 1.29 is 0 Å². The summed E-state index contributed by atoms with van der Waals surface area (Å²) in [7, 11) is 0. The van der Waals surface area contributed by atoms with E-state index < -0.39 is 0 Å². The maximum atomic E-state index is 2.52. The lowest BCUT2D eigenvalue weighted by atomic mass is 9.75. The van der Waals surface area contributed by atoms with E-state index in [9.17, 15) is 0 Å². The largest absolute Gasteiger partial charge is 0.0622 e. The smallest absolute Gasteiger partial charge is 0.000719 e. The van der Waals surface area contributed by atoms with E-state index in [1.807, 2.05) is 0 Å². The Balaban J connectivity index is 1.31. The van der Waals surface area contributed by atoms with E-state index in [1.54, 1.807) is 0 Å². The molecule has 0 heteroatoms. The third-order valence-electron chi connectivity index (χ3n) is 13.7. The van der Waals surface area contributed by atoms with Crippen molar-refractivity contribution in [2.45, 2.75) is 0 Å². The lowest BCUT2D eigenvalue weighted by Gasteiger charge is -2.27. The zero-order valence-electron chi connectivity index (χ0n) is 36.2. The first kappa shape index (κ1) is 37.9. The van der Waals surface area contributed by atoms with Crippen LogP contribution in [0.25, 0.3) is 131 Å². The zero-order valence-corrected chi connectivity index (χ0v) is 36.2. The van der Waals surface area contributed by atoms with Gasteiger partial charge in [-0.3, -0.25) is 0 Å². The van der Waals surface area contributed by atoms with Crippen LogP contribution in [0.1, 0.15) is 0 Å². The normalized spacial score (nSPS) is 11.6. The second kappa shape index (κ2) is 15.6. The number of hydrogen-bond acceptors (Lipinski definition) is 0. The van der Waals surface area contributed by atoms with Gasteiger partial charge in [0.15, 0.2) is 0 Å². The average molecular weight is 835 g/mol. The molecule has 0 heterocycles. The molecule has 0 fully saturated rings. The molecule has 0 nitrogen and oxygen atoms in total. The molecule has 0 atom stereocenters. The van der Waals surface area contributed by atoms with Crippen molar-refractivity contribution in [2.75, 3.05) is 0 Å². The number of fused-ring (bicyclic) bond motifs is 6. The fraction of sp³-hybridized carbons (Fsp3) is 0. The minimum atomic E-state index is 1.18. The van der Waals surface area contributed by atoms with Gasteiger partial charge in [0.1, 0.15) is 0 Å². The molecule has 0 aromatic heterocycles. The monoisotopic (exact) mass is 834 g/mol. The van der Waals surface area contributed by atoms with Crippen LogP contribution in [0, 0.1) is 0 Å². The summed E-state index contributed by atoms with van der Waals surface area (Å²) in [5.74, 6) is 0. The van der Waals surface area contributed by atoms with Crippen LogP contribution >= 0.6 is 0 Å². The molecule has 13 rings (SSSR count). The Labute approximate surface area is 384 Å². The molecule has 0 amide bonds. The molecule has 66 heavy (non-hydrogen) atoms. The van der Waals surface area contributed by atoms with Gasteiger partial charge < -0.3 is 0 Å². The first-order chi connectivity index (χ1) is 32.7. The summed E-state index contributed by atoms with van der Waals surface area (Å²) in [4.78, 5) is 0. The third kappa shape index (κ3) is 6.22. The fourth-order valence-corrected chi connectivity index (χ4v) is 10.8. The van der Waals surface area contributed by atoms with Gasteiger partial charge in [-0.25, -0.2) is 0 Å². The van der Waals surface area contributed by atoms with E-state index in [4.69, 9.17) is 0 Å². The molecule has 306 valence electrons. The van der Waals surface area contributed by atoms with Crippen molar-refractivity contribution in [3.63, 3.8) is 0 Å². The van der Waals surface area contributed by atoms with E-state index in [0.29, 0.717) is 0 Å². The third-order valence-corrected chi connectivity index (χ3v) is 13.7. The highest BCUT2D eigenvalue weighted by Crippen LogP contribution is 2.56. The average Bonchev–Trinajstić information content (AvgIpc) is 3.38. The first-order valence-corrected chi connectivity index (χ1v) is 22.9. The minimum absolute atomic E-state index is 1.18. The Morgan fingerprint density at radius 3 is 0.924 bits per heavy atom. The van der Waals surface area contributed by atoms with Crippen molar-refractivity contribution in [3.05, 3.63) is 255 Å². The van der Waals surface area contributed by atoms with Crippen molar-refractivity contribution in [3.8, 4) is 66.8 Å². The van der Waals surface area contributed by atoms with E-state index >= 15 is 0 Å². The maximum Gasteiger partial charge on any atom is -0.000719 e. The highest BCUT2D eigenvalue weighted by atomic mass is 14.3. The molecule has 0 saturated heterocycles. The lowest BCUT2D eigenvalue weighted by molar-refractivity contribution is 1.57. The van der Waals surface area contributed by atoms with Crippen LogP contribution in [-0.2, 0) is 0 Å². The van der Waals surface area contributed by atoms with E-state index in [2.05, 4.69) is 255 Å². The van der Waals surface area contributed by atoms with E-state index in [0.717, 1.165) is 0 Å². The maximum absolute atomic E-state index is 2.52. The second-order valence-electron chi connectivity index (χ2n) is 17.5. The van der Waals surface area contributed by atoms with Gasteiger partial charge in [-0.1, -0.05) is 206 Å². The van der Waals surface area contributed by atoms with Gasteiger partial charge in [0.05, 0.1) is 0 Å². The number of rotatable bonds is 6. The SMILES string of the molecule is c1ccc(-c2c(-c3ccccc3)c(-c3ccccc3)c3c(-c4ccccc4)c4c(-c5ccccc5)c5cc6cc7cc8ccccc8cc7cc6cc5cc4cc3c2-c2ccccc2)cc1. The van der Waals surface area contributed by atoms with Gasteiger partial charge in [-0.2, -0.15) is 0 Å². The summed E-state index contributed by atoms with van der Waals surface area (Å²) in [5, 5.41) is 14.9. The molecule has 0 bridgehead atoms. The van der Waals surface area contributed by atoms with E-state index in [1.165, 1.54) is 131 Å². The predicted octanol–water partition coefficient (Wildman–Crippen LogP) is 18.6. The zero-order chi connectivity index (χ0) is 43.6. The van der Waals surface area contributed by atoms with E-state index in [-0.39, 0.29) is 0 Å². The minimum Gasteiger partial charge on any atom is -0.0622 e. The lowest BCUT2D eigenvalue weighted by Crippen LogP contribution is -2.00. The fourth-order valence-electron chi connectivity index (χ4n) is 10.8. The standard InChI is InChI=1S/C66H42/c1-7-21-43(22-8-1)59-57-41-54-38-52-36-50-34-20-19-33-49(50)35-51(52)37-53(54)39-55(57)40-56-42-58-60(44-23-9-2-10-24-44)61(45-25-11-3-12-26-45)62(46-27-13-4-14-28-46)63(47-29-15-5-16-30-47)66(58)64(65(56)59)48-31-17-6-18-32-48/h1-42H. The number of benzene rings is 13. The van der Waals surface area contributed by atoms with Crippen molar-refractivity contribution >= 4 is 64.6 Å². The number of hydrogen-bond donors (Lipinski definition) is 0. The van der Waals surface area contributed by atoms with Gasteiger partial charge in [0.2, 0.25) is 0 Å². The molecule has 0 radical (unpaired) electrons. The van der Waals surface area contributed by atoms with Gasteiger partial charge in [0, 0.05) is 0 Å². The summed E-state index contributed by atoms with van der Waals surface area (Å²) in [6.07, 6.45) is 0. The first-order valence-electron chi connectivity index (χ1n) is 22.9. The van der Waals surface area contributed by atoms with Gasteiger partial charge >= 0.3 is 0 Å². The highest BCUT2D eigenvalue weighted by Gasteiger charge is 2.28. The van der Waals surface area contributed by atoms with Crippen LogP contribution in [0.2, 0.25) is 0 Å². The highest BCUT2D eigenvalue weighted by molar-refractivity contribution is 6.31. The van der Waals surface area contributed by atoms with Gasteiger partial charge in [-0.05, 0) is 180 Å². The Morgan fingerprint density at radius 2 is 0.455 bits per heavy atom. The van der Waals surface area contributed by atoms with Crippen LogP contribution in [0.4, 0.5) is 0 Å². The Morgan fingerprint density at radius 1 is 0.152 bits per heavy atom. The Hall–Kier alpha value is -8.58. The Bertz CT molecular complexity index is 3970. The molecule has 0 saturated carbocycles. The molecular formula is C66H42. The topological polar surface area (TPSA) is 0 Å². The van der Waals surface area contributed by atoms with Crippen LogP contribution in [-0.4, -0.2) is 0 Å². The van der Waals surface area contributed by atoms with Crippen molar-refractivity contribution in [1.82, 2.24) is 0 Å². The molecule has 0 aliphatic rings. The van der Waals surface area contributed by atoms with Crippen molar-refractivity contribution in [1.29, 1.82) is 0 Å². The quantitative estimate of drug-likeness (QED) is 0.146. The summed E-state index contributed by atoms with van der Waals surface area (Å²) < 4.78 is 0. The van der Waals surface area contributed by atoms with Crippen LogP contribution < -0.4 is 0 Å². The van der Waals surface area contributed by atoms with Crippen LogP contribution in [0.5, 0.6) is 0 Å². The van der Waals surface area contributed by atoms with Crippen LogP contribution in [0.3, 0.4) is 0 Å². The molecule has 13 aromatic carbocycles. The molecule has 0 aliphatic carbocycles. The molecular weight excluding hydrogens is 793 g/mol. The summed E-state index contributed by atoms with van der Waals surface area (Å²) in [6, 6.07) is 94.6. The van der Waals surface area contributed by atoms with Gasteiger partial charge in [0.25, 0.3) is 0 Å². The molecule has 0 N–H and O–H groups in total. The van der Waals surface area contributed by atoms with Gasteiger partial charge in [-0.15, -0.1) is 0 Å². The molecule has 13 aromatic rings. The van der Waals surface area contributed by atoms with Crippen LogP contribution in [0.15, 0.2) is 255 Å². The second-order valence-corrected chi connectivity index (χ2v) is 17.5.